The van der Waals surface area contributed by atoms with Crippen molar-refractivity contribution in [3.05, 3.63) is 83.3 Å². The monoisotopic (exact) mass is 435 g/mol. The van der Waals surface area contributed by atoms with Crippen LogP contribution in [0.3, 0.4) is 0 Å². The molecular weight excluding hydrogens is 409 g/mol. The Bertz CT molecular complexity index is 1080. The normalized spacial score (nSPS) is 14.2. The summed E-state index contributed by atoms with van der Waals surface area (Å²) in [6, 6.07) is 15.8. The number of aromatic nitrogens is 1. The van der Waals surface area contributed by atoms with Crippen molar-refractivity contribution >= 4 is 11.7 Å². The van der Waals surface area contributed by atoms with Gasteiger partial charge < -0.3 is 20.1 Å². The molecule has 32 heavy (non-hydrogen) atoms. The molecule has 6 nitrogen and oxygen atoms in total. The molecule has 2 N–H and O–H groups in total. The van der Waals surface area contributed by atoms with Crippen LogP contribution in [0.1, 0.15) is 40.2 Å². The lowest BCUT2D eigenvalue weighted by molar-refractivity contribution is 0.0707. The second-order valence-electron chi connectivity index (χ2n) is 7.83. The lowest BCUT2D eigenvalue weighted by Crippen LogP contribution is -2.38. The van der Waals surface area contributed by atoms with E-state index >= 15 is 0 Å². The number of methoxy groups -OCH3 is 1. The predicted octanol–water partition coefficient (Wildman–Crippen LogP) is 4.41. The Kier molecular flexibility index (Phi) is 6.54. The maximum absolute atomic E-state index is 14.7. The van der Waals surface area contributed by atoms with Gasteiger partial charge in [0.1, 0.15) is 29.7 Å². The van der Waals surface area contributed by atoms with Gasteiger partial charge in [-0.2, -0.15) is 0 Å². The molecular formula is C25H26FN3O3. The van der Waals surface area contributed by atoms with Gasteiger partial charge in [0.25, 0.3) is 5.91 Å². The molecule has 2 heterocycles. The number of hydrogen-bond donors (Lipinski definition) is 1. The number of piperidine rings is 1. The molecule has 0 radical (unpaired) electrons. The molecule has 0 bridgehead atoms. The van der Waals surface area contributed by atoms with Crippen molar-refractivity contribution < 1.29 is 18.7 Å². The zero-order valence-electron chi connectivity index (χ0n) is 18.0. The topological polar surface area (TPSA) is 77.7 Å². The summed E-state index contributed by atoms with van der Waals surface area (Å²) in [5.74, 6) is 0.833. The Hall–Kier alpha value is -3.61. The summed E-state index contributed by atoms with van der Waals surface area (Å²) >= 11 is 0. The van der Waals surface area contributed by atoms with Gasteiger partial charge in [-0.15, -0.1) is 0 Å². The van der Waals surface area contributed by atoms with E-state index in [1.165, 1.54) is 12.1 Å². The second-order valence-corrected chi connectivity index (χ2v) is 7.83. The van der Waals surface area contributed by atoms with Crippen molar-refractivity contribution in [3.63, 3.8) is 0 Å². The van der Waals surface area contributed by atoms with Crippen molar-refractivity contribution in [2.24, 2.45) is 0 Å². The molecule has 2 aromatic carbocycles. The molecule has 4 rings (SSSR count). The predicted molar refractivity (Wildman–Crippen MR) is 120 cm³/mol. The van der Waals surface area contributed by atoms with Crippen LogP contribution >= 0.6 is 0 Å². The van der Waals surface area contributed by atoms with Gasteiger partial charge in [-0.25, -0.2) is 9.37 Å². The van der Waals surface area contributed by atoms with Crippen LogP contribution in [0.4, 0.5) is 10.2 Å². The Morgan fingerprint density at radius 3 is 2.59 bits per heavy atom. The summed E-state index contributed by atoms with van der Waals surface area (Å²) in [6.45, 7) is 1.40. The molecule has 1 aliphatic heterocycles. The smallest absolute Gasteiger partial charge is 0.256 e. The Morgan fingerprint density at radius 2 is 1.91 bits per heavy atom. The number of nitrogen functional groups attached to an aromatic ring is 1. The van der Waals surface area contributed by atoms with Gasteiger partial charge in [0.05, 0.1) is 12.7 Å². The van der Waals surface area contributed by atoms with E-state index in [9.17, 15) is 9.18 Å². The summed E-state index contributed by atoms with van der Waals surface area (Å²) in [6.07, 6.45) is 3.23. The first-order valence-electron chi connectivity index (χ1n) is 10.6. The van der Waals surface area contributed by atoms with Gasteiger partial charge >= 0.3 is 0 Å². The molecule has 0 aliphatic carbocycles. The van der Waals surface area contributed by atoms with Crippen molar-refractivity contribution in [3.8, 4) is 11.5 Å². The van der Waals surface area contributed by atoms with Crippen LogP contribution in [-0.2, 0) is 6.61 Å². The SMILES string of the molecule is COc1cc(N)ncc1C1CCN(C(=O)c2ccc(OCc3ccccc3)cc2F)CC1. The number of anilines is 1. The number of rotatable bonds is 6. The van der Waals surface area contributed by atoms with Crippen molar-refractivity contribution in [1.82, 2.24) is 9.88 Å². The molecule has 1 amide bonds. The maximum Gasteiger partial charge on any atom is 0.256 e. The number of pyridine rings is 1. The zero-order valence-corrected chi connectivity index (χ0v) is 18.0. The molecule has 166 valence electrons. The van der Waals surface area contributed by atoms with Crippen molar-refractivity contribution in [1.29, 1.82) is 0 Å². The van der Waals surface area contributed by atoms with Gasteiger partial charge in [-0.1, -0.05) is 30.3 Å². The molecule has 1 saturated heterocycles. The van der Waals surface area contributed by atoms with Gasteiger partial charge in [0.15, 0.2) is 0 Å². The van der Waals surface area contributed by atoms with Crippen LogP contribution in [-0.4, -0.2) is 36.0 Å². The van der Waals surface area contributed by atoms with Gasteiger partial charge in [-0.05, 0) is 36.5 Å². The van der Waals surface area contributed by atoms with E-state index in [4.69, 9.17) is 15.2 Å². The third kappa shape index (κ3) is 4.82. The summed E-state index contributed by atoms with van der Waals surface area (Å²) in [4.78, 5) is 18.8. The number of hydrogen-bond acceptors (Lipinski definition) is 5. The number of carbonyl (C=O) groups excluding carboxylic acids is 1. The van der Waals surface area contributed by atoms with E-state index in [2.05, 4.69) is 4.98 Å². The minimum absolute atomic E-state index is 0.0576. The number of nitrogens with zero attached hydrogens (tertiary/aromatic N) is 2. The largest absolute Gasteiger partial charge is 0.496 e. The Morgan fingerprint density at radius 1 is 1.16 bits per heavy atom. The van der Waals surface area contributed by atoms with Gasteiger partial charge in [0.2, 0.25) is 0 Å². The second kappa shape index (κ2) is 9.68. The molecule has 0 spiro atoms. The van der Waals surface area contributed by atoms with E-state index in [-0.39, 0.29) is 17.4 Å². The lowest BCUT2D eigenvalue weighted by Gasteiger charge is -2.32. The number of benzene rings is 2. The Balaban J connectivity index is 1.38. The fourth-order valence-electron chi connectivity index (χ4n) is 4.01. The highest BCUT2D eigenvalue weighted by molar-refractivity contribution is 5.94. The summed E-state index contributed by atoms with van der Waals surface area (Å²) in [5, 5.41) is 0. The van der Waals surface area contributed by atoms with E-state index in [0.29, 0.717) is 37.0 Å². The maximum atomic E-state index is 14.7. The number of amides is 1. The number of carbonyl (C=O) groups is 1. The van der Waals surface area contributed by atoms with Gasteiger partial charge in [0, 0.05) is 37.0 Å². The van der Waals surface area contributed by atoms with Crippen molar-refractivity contribution in [2.45, 2.75) is 25.4 Å². The lowest BCUT2D eigenvalue weighted by atomic mass is 9.89. The fraction of sp³-hybridized carbons (Fsp3) is 0.280. The highest BCUT2D eigenvalue weighted by Crippen LogP contribution is 2.35. The summed E-state index contributed by atoms with van der Waals surface area (Å²) < 4.78 is 25.8. The molecule has 0 atom stereocenters. The highest BCUT2D eigenvalue weighted by Gasteiger charge is 2.28. The molecule has 1 aliphatic rings. The number of likely N-dealkylation sites (tertiary alicyclic amines) is 1. The summed E-state index contributed by atoms with van der Waals surface area (Å²) in [7, 11) is 1.60. The first-order chi connectivity index (χ1) is 15.5. The van der Waals surface area contributed by atoms with E-state index < -0.39 is 5.82 Å². The van der Waals surface area contributed by atoms with Crippen LogP contribution in [0.5, 0.6) is 11.5 Å². The standard InChI is InChI=1S/C25H26FN3O3/c1-31-23-14-24(27)28-15-21(23)18-9-11-29(12-10-18)25(30)20-8-7-19(13-22(20)26)32-16-17-5-3-2-4-6-17/h2-8,13-15,18H,9-12,16H2,1H3,(H2,27,28). The molecule has 0 saturated carbocycles. The zero-order chi connectivity index (χ0) is 22.5. The summed E-state index contributed by atoms with van der Waals surface area (Å²) in [5.41, 5.74) is 7.78. The molecule has 0 unspecified atom stereocenters. The van der Waals surface area contributed by atoms with Crippen LogP contribution < -0.4 is 15.2 Å². The molecule has 1 aromatic heterocycles. The third-order valence-corrected chi connectivity index (χ3v) is 5.78. The number of nitrogens with two attached hydrogens (primary N) is 1. The van der Waals surface area contributed by atoms with E-state index in [1.807, 2.05) is 30.3 Å². The van der Waals surface area contributed by atoms with E-state index in [1.54, 1.807) is 30.3 Å². The minimum atomic E-state index is -0.577. The third-order valence-electron chi connectivity index (χ3n) is 5.78. The molecule has 3 aromatic rings. The molecule has 1 fully saturated rings. The van der Waals surface area contributed by atoms with Crippen LogP contribution in [0, 0.1) is 5.82 Å². The average molecular weight is 435 g/mol. The van der Waals surface area contributed by atoms with Crippen LogP contribution in [0.25, 0.3) is 0 Å². The first kappa shape index (κ1) is 21.6. The van der Waals surface area contributed by atoms with E-state index in [0.717, 1.165) is 24.0 Å². The minimum Gasteiger partial charge on any atom is -0.496 e. The van der Waals surface area contributed by atoms with Gasteiger partial charge in [-0.3, -0.25) is 4.79 Å². The highest BCUT2D eigenvalue weighted by atomic mass is 19.1. The quantitative estimate of drug-likeness (QED) is 0.621. The number of ether oxygens (including phenoxy) is 2. The molecule has 7 heteroatoms. The van der Waals surface area contributed by atoms with Crippen LogP contribution in [0.2, 0.25) is 0 Å². The fourth-order valence-corrected chi connectivity index (χ4v) is 4.01. The average Bonchev–Trinajstić information content (AvgIpc) is 2.83. The Labute approximate surface area is 186 Å². The number of halogens is 1. The van der Waals surface area contributed by atoms with Crippen LogP contribution in [0.15, 0.2) is 60.8 Å². The first-order valence-corrected chi connectivity index (χ1v) is 10.6. The van der Waals surface area contributed by atoms with Crippen molar-refractivity contribution in [2.75, 3.05) is 25.9 Å².